The number of nitrogens with zero attached hydrogens (tertiary/aromatic N) is 1. The first kappa shape index (κ1) is 27.1. The van der Waals surface area contributed by atoms with Gasteiger partial charge in [-0.1, -0.05) is 24.3 Å². The van der Waals surface area contributed by atoms with Gasteiger partial charge in [-0.05, 0) is 77.6 Å². The van der Waals surface area contributed by atoms with Gasteiger partial charge < -0.3 is 16.0 Å². The molecule has 2 amide bonds. The number of amides is 2. The molecule has 5 rings (SSSR count). The van der Waals surface area contributed by atoms with E-state index >= 15 is 0 Å². The number of aromatic amines is 1. The Kier molecular flexibility index (Phi) is 7.88. The minimum Gasteiger partial charge on any atom is -0.366 e. The number of hydrogen-bond donors (Lipinski definition) is 3. The number of H-pyrrole nitrogens is 1. The lowest BCUT2D eigenvalue weighted by Gasteiger charge is -2.31. The molecule has 1 saturated heterocycles. The number of rotatable bonds is 9. The summed E-state index contributed by atoms with van der Waals surface area (Å²) in [5.41, 5.74) is 10.7. The predicted octanol–water partition coefficient (Wildman–Crippen LogP) is 4.38. The van der Waals surface area contributed by atoms with E-state index in [1.54, 1.807) is 28.6 Å². The van der Waals surface area contributed by atoms with Gasteiger partial charge in [0.25, 0.3) is 5.91 Å². The van der Waals surface area contributed by atoms with Crippen LogP contribution in [-0.2, 0) is 27.8 Å². The Morgan fingerprint density at radius 1 is 1.10 bits per heavy atom. The van der Waals surface area contributed by atoms with Crippen LogP contribution in [0.2, 0.25) is 0 Å². The van der Waals surface area contributed by atoms with Crippen LogP contribution in [0.4, 0.5) is 0 Å². The number of fused-ring (bicyclic) bond motifs is 1. The van der Waals surface area contributed by atoms with Crippen molar-refractivity contribution in [1.82, 2.24) is 14.6 Å². The number of nitrogens with two attached hydrogens (primary N) is 1. The van der Waals surface area contributed by atoms with Crippen molar-refractivity contribution in [1.29, 1.82) is 0 Å². The van der Waals surface area contributed by atoms with Crippen molar-refractivity contribution < 1.29 is 18.0 Å². The molecular weight excluding hydrogens is 532 g/mol. The lowest BCUT2D eigenvalue weighted by Crippen LogP contribution is -2.38. The molecule has 2 aromatic carbocycles. The molecule has 10 heteroatoms. The van der Waals surface area contributed by atoms with E-state index in [0.29, 0.717) is 50.0 Å². The fraction of sp³-hybridized carbons (Fsp3) is 0.310. The fourth-order valence-corrected chi connectivity index (χ4v) is 7.11. The number of primary amides is 1. The molecule has 2 aromatic heterocycles. The van der Waals surface area contributed by atoms with E-state index in [9.17, 15) is 18.0 Å². The standard InChI is InChI=1S/C29H32N4O4S2/c1-2-39(36,37)33-10-8-20(9-11-33)26-18-32-28-24(26)14-22(15-25(28)29(30)35)21-6-3-5-19(13-21)17-31-27(34)16-23-7-4-12-38-23/h3-7,12-15,18,20,32H,2,8-11,16-17H2,1H3,(H2,30,35)(H,31,34). The number of carbonyl (C=O) groups excluding carboxylic acids is 2. The third-order valence-corrected chi connectivity index (χ3v) is 10.2. The summed E-state index contributed by atoms with van der Waals surface area (Å²) in [5, 5.41) is 5.86. The molecule has 1 aliphatic rings. The Morgan fingerprint density at radius 3 is 2.59 bits per heavy atom. The van der Waals surface area contributed by atoms with E-state index < -0.39 is 15.9 Å². The van der Waals surface area contributed by atoms with Gasteiger partial charge in [0.1, 0.15) is 0 Å². The predicted molar refractivity (Wildman–Crippen MR) is 155 cm³/mol. The van der Waals surface area contributed by atoms with E-state index in [0.717, 1.165) is 32.5 Å². The largest absolute Gasteiger partial charge is 0.366 e. The molecule has 1 fully saturated rings. The molecule has 0 saturated carbocycles. The van der Waals surface area contributed by atoms with Crippen LogP contribution in [0.3, 0.4) is 0 Å². The molecule has 1 aliphatic heterocycles. The van der Waals surface area contributed by atoms with Crippen LogP contribution in [0.25, 0.3) is 22.0 Å². The highest BCUT2D eigenvalue weighted by Gasteiger charge is 2.29. The average Bonchev–Trinajstić information content (AvgIpc) is 3.61. The molecule has 0 atom stereocenters. The van der Waals surface area contributed by atoms with Crippen molar-refractivity contribution in [3.8, 4) is 11.1 Å². The summed E-state index contributed by atoms with van der Waals surface area (Å²) in [6.45, 7) is 3.03. The molecule has 39 heavy (non-hydrogen) atoms. The minimum atomic E-state index is -3.21. The summed E-state index contributed by atoms with van der Waals surface area (Å²) in [6.07, 6.45) is 3.70. The van der Waals surface area contributed by atoms with Crippen molar-refractivity contribution in [2.45, 2.75) is 38.6 Å². The van der Waals surface area contributed by atoms with E-state index in [2.05, 4.69) is 16.4 Å². The Morgan fingerprint density at radius 2 is 1.90 bits per heavy atom. The van der Waals surface area contributed by atoms with Gasteiger partial charge in [0, 0.05) is 36.1 Å². The summed E-state index contributed by atoms with van der Waals surface area (Å²) in [7, 11) is -3.21. The van der Waals surface area contributed by atoms with E-state index in [1.807, 2.05) is 48.0 Å². The summed E-state index contributed by atoms with van der Waals surface area (Å²) in [4.78, 5) is 29.1. The molecule has 0 bridgehead atoms. The van der Waals surface area contributed by atoms with Crippen molar-refractivity contribution in [3.63, 3.8) is 0 Å². The van der Waals surface area contributed by atoms with Gasteiger partial charge in [-0.3, -0.25) is 9.59 Å². The third-order valence-electron chi connectivity index (χ3n) is 7.40. The number of aromatic nitrogens is 1. The molecule has 0 aliphatic carbocycles. The number of piperidine rings is 1. The lowest BCUT2D eigenvalue weighted by molar-refractivity contribution is -0.120. The first-order valence-corrected chi connectivity index (χ1v) is 15.5. The molecule has 0 radical (unpaired) electrons. The Hall–Kier alpha value is -3.47. The summed E-state index contributed by atoms with van der Waals surface area (Å²) < 4.78 is 26.2. The molecule has 8 nitrogen and oxygen atoms in total. The SMILES string of the molecule is CCS(=O)(=O)N1CCC(c2c[nH]c3c(C(N)=O)cc(-c4cccc(CNC(=O)Cc5cccs5)c4)cc23)CC1. The Bertz CT molecular complexity index is 1600. The third kappa shape index (κ3) is 5.93. The Balaban J connectivity index is 1.40. The van der Waals surface area contributed by atoms with Gasteiger partial charge in [0.15, 0.2) is 0 Å². The zero-order valence-corrected chi connectivity index (χ0v) is 23.4. The van der Waals surface area contributed by atoms with Gasteiger partial charge in [0.2, 0.25) is 15.9 Å². The van der Waals surface area contributed by atoms with Crippen LogP contribution >= 0.6 is 11.3 Å². The van der Waals surface area contributed by atoms with Crippen molar-refractivity contribution >= 4 is 44.1 Å². The van der Waals surface area contributed by atoms with Crippen LogP contribution < -0.4 is 11.1 Å². The number of benzene rings is 2. The number of hydrogen-bond acceptors (Lipinski definition) is 5. The Labute approximate surface area is 232 Å². The van der Waals surface area contributed by atoms with Gasteiger partial charge in [-0.15, -0.1) is 11.3 Å². The maximum absolute atomic E-state index is 12.4. The zero-order valence-electron chi connectivity index (χ0n) is 21.8. The molecule has 4 N–H and O–H groups in total. The lowest BCUT2D eigenvalue weighted by atomic mass is 9.88. The highest BCUT2D eigenvalue weighted by Crippen LogP contribution is 2.37. The molecule has 204 valence electrons. The highest BCUT2D eigenvalue weighted by molar-refractivity contribution is 7.89. The number of carbonyl (C=O) groups is 2. The maximum atomic E-state index is 12.4. The van der Waals surface area contributed by atoms with Crippen LogP contribution in [0.5, 0.6) is 0 Å². The van der Waals surface area contributed by atoms with Crippen LogP contribution in [-0.4, -0.2) is 48.4 Å². The van der Waals surface area contributed by atoms with E-state index in [1.165, 1.54) is 0 Å². The van der Waals surface area contributed by atoms with Gasteiger partial charge in [0.05, 0.1) is 23.3 Å². The quantitative estimate of drug-likeness (QED) is 0.279. The van der Waals surface area contributed by atoms with Gasteiger partial charge in [-0.2, -0.15) is 0 Å². The van der Waals surface area contributed by atoms with Gasteiger partial charge >= 0.3 is 0 Å². The number of nitrogens with one attached hydrogen (secondary N) is 2. The van der Waals surface area contributed by atoms with Gasteiger partial charge in [-0.25, -0.2) is 12.7 Å². The first-order chi connectivity index (χ1) is 18.7. The highest BCUT2D eigenvalue weighted by atomic mass is 32.2. The van der Waals surface area contributed by atoms with E-state index in [-0.39, 0.29) is 17.6 Å². The van der Waals surface area contributed by atoms with Crippen molar-refractivity contribution in [2.24, 2.45) is 5.73 Å². The summed E-state index contributed by atoms with van der Waals surface area (Å²) >= 11 is 1.56. The fourth-order valence-electron chi connectivity index (χ4n) is 5.27. The number of sulfonamides is 1. The first-order valence-electron chi connectivity index (χ1n) is 13.1. The van der Waals surface area contributed by atoms with Crippen molar-refractivity contribution in [3.05, 3.63) is 81.7 Å². The topological polar surface area (TPSA) is 125 Å². The molecule has 0 unspecified atom stereocenters. The van der Waals surface area contributed by atoms with Crippen LogP contribution in [0.15, 0.2) is 60.1 Å². The smallest absolute Gasteiger partial charge is 0.250 e. The maximum Gasteiger partial charge on any atom is 0.250 e. The second-order valence-corrected chi connectivity index (χ2v) is 13.2. The van der Waals surface area contributed by atoms with Crippen LogP contribution in [0.1, 0.15) is 52.0 Å². The molecule has 3 heterocycles. The summed E-state index contributed by atoms with van der Waals surface area (Å²) in [6, 6.07) is 15.6. The van der Waals surface area contributed by atoms with Crippen molar-refractivity contribution in [2.75, 3.05) is 18.8 Å². The van der Waals surface area contributed by atoms with Crippen LogP contribution in [0, 0.1) is 0 Å². The molecule has 4 aromatic rings. The second kappa shape index (κ2) is 11.3. The molecular formula is C29H32N4O4S2. The number of thiophene rings is 1. The average molecular weight is 565 g/mol. The molecule has 0 spiro atoms. The normalized spacial score (nSPS) is 15.0. The summed E-state index contributed by atoms with van der Waals surface area (Å²) in [5.74, 6) is -0.276. The minimum absolute atomic E-state index is 0.0324. The van der Waals surface area contributed by atoms with E-state index in [4.69, 9.17) is 5.73 Å². The monoisotopic (exact) mass is 564 g/mol. The second-order valence-electron chi connectivity index (χ2n) is 9.86. The zero-order chi connectivity index (χ0) is 27.6.